The van der Waals surface area contributed by atoms with Crippen molar-refractivity contribution in [2.45, 2.75) is 26.4 Å². The zero-order chi connectivity index (χ0) is 9.19. The van der Waals surface area contributed by atoms with Crippen molar-refractivity contribution < 1.29 is 46.0 Å². The molecule has 0 spiro atoms. The number of carbonyl (C=O) groups excluding carboxylic acids is 1. The van der Waals surface area contributed by atoms with Gasteiger partial charge in [-0.2, -0.15) is 0 Å². The topological polar surface area (TPSA) is 39.2 Å². The first-order valence-electron chi connectivity index (χ1n) is 3.54. The predicted octanol–water partition coefficient (Wildman–Crippen LogP) is -1.10. The van der Waals surface area contributed by atoms with E-state index in [1.807, 2.05) is 20.8 Å². The molecular weight excluding hydrogens is 319 g/mol. The van der Waals surface area contributed by atoms with Crippen molar-refractivity contribution in [3.8, 4) is 0 Å². The molecular formula is C8H10BrNO2SZn-. The van der Waals surface area contributed by atoms with Crippen molar-refractivity contribution in [3.05, 3.63) is 16.6 Å². The fourth-order valence-corrected chi connectivity index (χ4v) is 1.07. The van der Waals surface area contributed by atoms with Crippen molar-refractivity contribution in [2.75, 3.05) is 0 Å². The van der Waals surface area contributed by atoms with Gasteiger partial charge in [0.15, 0.2) is 11.2 Å². The minimum atomic E-state index is -0.458. The summed E-state index contributed by atoms with van der Waals surface area (Å²) in [6.45, 7) is 5.46. The molecule has 0 bridgehead atoms. The molecule has 0 aliphatic heterocycles. The Hall–Kier alpha value is 0.203. The molecule has 6 heteroatoms. The average Bonchev–Trinajstić information content (AvgIpc) is 2.32. The minimum Gasteiger partial charge on any atom is -1.00 e. The molecule has 0 aromatic carbocycles. The largest absolute Gasteiger partial charge is 1.00 e. The molecule has 75 valence electrons. The molecule has 1 radical (unpaired) electrons. The molecule has 1 rings (SSSR count). The van der Waals surface area contributed by atoms with Crippen LogP contribution in [0.25, 0.3) is 0 Å². The number of hydrogen-bond donors (Lipinski definition) is 0. The average molecular weight is 330 g/mol. The van der Waals surface area contributed by atoms with Crippen molar-refractivity contribution in [1.29, 1.82) is 0 Å². The molecule has 1 aromatic rings. The Labute approximate surface area is 111 Å². The van der Waals surface area contributed by atoms with Gasteiger partial charge < -0.3 is 21.7 Å². The molecule has 0 unspecified atom stereocenters. The smallest absolute Gasteiger partial charge is 0.358 e. The maximum atomic E-state index is 11.2. The Morgan fingerprint density at radius 3 is 2.50 bits per heavy atom. The van der Waals surface area contributed by atoms with Gasteiger partial charge in [0.1, 0.15) is 5.60 Å². The molecule has 0 amide bonds. The van der Waals surface area contributed by atoms with E-state index < -0.39 is 5.60 Å². The normalized spacial score (nSPS) is 9.64. The van der Waals surface area contributed by atoms with E-state index in [-0.39, 0.29) is 42.4 Å². The molecule has 3 nitrogen and oxygen atoms in total. The van der Waals surface area contributed by atoms with Crippen molar-refractivity contribution >= 4 is 17.3 Å². The minimum absolute atomic E-state index is 0. The van der Waals surface area contributed by atoms with Crippen LogP contribution in [0.4, 0.5) is 0 Å². The van der Waals surface area contributed by atoms with Gasteiger partial charge in [-0.1, -0.05) is 0 Å². The van der Waals surface area contributed by atoms with E-state index in [4.69, 9.17) is 4.74 Å². The molecule has 0 saturated heterocycles. The monoisotopic (exact) mass is 327 g/mol. The van der Waals surface area contributed by atoms with Crippen LogP contribution in [-0.2, 0) is 24.2 Å². The van der Waals surface area contributed by atoms with Crippen molar-refractivity contribution in [2.24, 2.45) is 0 Å². The number of esters is 1. The van der Waals surface area contributed by atoms with Crippen LogP contribution in [0, 0.1) is 5.51 Å². The third-order valence-electron chi connectivity index (χ3n) is 0.997. The predicted molar refractivity (Wildman–Crippen MR) is 46.1 cm³/mol. The summed E-state index contributed by atoms with van der Waals surface area (Å²) in [6, 6.07) is 0. The Morgan fingerprint density at radius 1 is 1.57 bits per heavy atom. The number of ether oxygens (including phenoxy) is 1. The number of halogens is 1. The van der Waals surface area contributed by atoms with Crippen LogP contribution in [0.1, 0.15) is 31.3 Å². The maximum Gasteiger partial charge on any atom is 0.358 e. The van der Waals surface area contributed by atoms with Gasteiger partial charge in [-0.15, -0.1) is 11.3 Å². The van der Waals surface area contributed by atoms with E-state index in [0.29, 0.717) is 5.69 Å². The summed E-state index contributed by atoms with van der Waals surface area (Å²) in [5.74, 6) is -0.389. The quantitative estimate of drug-likeness (QED) is 0.485. The van der Waals surface area contributed by atoms with E-state index in [1.54, 1.807) is 5.38 Å². The van der Waals surface area contributed by atoms with Gasteiger partial charge in [0.05, 0.1) is 0 Å². The molecule has 0 aliphatic carbocycles. The first-order valence-corrected chi connectivity index (χ1v) is 4.42. The fourth-order valence-electron chi connectivity index (χ4n) is 0.608. The first-order chi connectivity index (χ1) is 5.49. The zero-order valence-corrected chi connectivity index (χ0v) is 13.7. The van der Waals surface area contributed by atoms with Gasteiger partial charge in [0.2, 0.25) is 0 Å². The van der Waals surface area contributed by atoms with Crippen LogP contribution in [0.2, 0.25) is 0 Å². The van der Waals surface area contributed by atoms with Gasteiger partial charge in [0, 0.05) is 24.9 Å². The number of thiazole rings is 1. The van der Waals surface area contributed by atoms with Crippen molar-refractivity contribution in [3.63, 3.8) is 0 Å². The summed E-state index contributed by atoms with van der Waals surface area (Å²) in [5.41, 5.74) is 2.46. The fraction of sp³-hybridized carbons (Fsp3) is 0.500. The molecule has 0 saturated carbocycles. The Balaban J connectivity index is 0. The SMILES string of the molecule is CC(C)(C)OC(=O)c1cs[c]n1.[Br-].[Zn]. The van der Waals surface area contributed by atoms with Gasteiger partial charge in [0.25, 0.3) is 0 Å². The number of carbonyl (C=O) groups is 1. The van der Waals surface area contributed by atoms with Gasteiger partial charge in [-0.3, -0.25) is 0 Å². The van der Waals surface area contributed by atoms with Gasteiger partial charge >= 0.3 is 5.97 Å². The maximum absolute atomic E-state index is 11.2. The Bertz CT molecular complexity index is 271. The molecule has 14 heavy (non-hydrogen) atoms. The number of aromatic nitrogens is 1. The van der Waals surface area contributed by atoms with Crippen LogP contribution in [0.5, 0.6) is 0 Å². The number of hydrogen-bond acceptors (Lipinski definition) is 4. The summed E-state index contributed by atoms with van der Waals surface area (Å²) in [5, 5.41) is 1.62. The van der Waals surface area contributed by atoms with E-state index in [0.717, 1.165) is 0 Å². The Kier molecular flexibility index (Phi) is 7.89. The summed E-state index contributed by atoms with van der Waals surface area (Å²) in [7, 11) is 0. The molecule has 0 N–H and O–H groups in total. The molecule has 0 atom stereocenters. The zero-order valence-electron chi connectivity index (χ0n) is 8.33. The standard InChI is InChI=1S/C8H10NO2S.BrH.Zn/c1-8(2,3)11-7(10)6-4-12-5-9-6;;/h4H,1-3H3;1H;/p-1. The van der Waals surface area contributed by atoms with Crippen LogP contribution in [-0.4, -0.2) is 16.6 Å². The van der Waals surface area contributed by atoms with E-state index in [1.165, 1.54) is 11.3 Å². The van der Waals surface area contributed by atoms with Crippen LogP contribution in [0.15, 0.2) is 5.38 Å². The van der Waals surface area contributed by atoms with Crippen molar-refractivity contribution in [1.82, 2.24) is 4.98 Å². The molecule has 0 aliphatic rings. The Morgan fingerprint density at radius 2 is 2.14 bits per heavy atom. The summed E-state index contributed by atoms with van der Waals surface area (Å²) >= 11 is 1.26. The van der Waals surface area contributed by atoms with Crippen LogP contribution < -0.4 is 17.0 Å². The summed E-state index contributed by atoms with van der Waals surface area (Å²) < 4.78 is 5.07. The van der Waals surface area contributed by atoms with Crippen LogP contribution >= 0.6 is 11.3 Å². The second kappa shape index (κ2) is 6.64. The van der Waals surface area contributed by atoms with E-state index >= 15 is 0 Å². The van der Waals surface area contributed by atoms with Gasteiger partial charge in [-0.05, 0) is 20.8 Å². The van der Waals surface area contributed by atoms with E-state index in [2.05, 4.69) is 10.5 Å². The number of nitrogens with zero attached hydrogens (tertiary/aromatic N) is 1. The second-order valence-electron chi connectivity index (χ2n) is 3.33. The summed E-state index contributed by atoms with van der Waals surface area (Å²) in [4.78, 5) is 14.9. The third kappa shape index (κ3) is 5.83. The van der Waals surface area contributed by atoms with E-state index in [9.17, 15) is 4.79 Å². The first kappa shape index (κ1) is 16.6. The molecule has 1 heterocycles. The molecule has 1 aromatic heterocycles. The second-order valence-corrected chi connectivity index (χ2v) is 3.98. The summed E-state index contributed by atoms with van der Waals surface area (Å²) in [6.07, 6.45) is 0. The number of rotatable bonds is 1. The third-order valence-corrected chi connectivity index (χ3v) is 1.54. The van der Waals surface area contributed by atoms with Crippen LogP contribution in [0.3, 0.4) is 0 Å². The van der Waals surface area contributed by atoms with Gasteiger partial charge in [-0.25, -0.2) is 9.78 Å². The molecule has 0 fully saturated rings.